The van der Waals surface area contributed by atoms with Crippen molar-refractivity contribution in [1.29, 1.82) is 0 Å². The molecule has 0 atom stereocenters. The van der Waals surface area contributed by atoms with Crippen LogP contribution in [0, 0.1) is 6.92 Å². The third kappa shape index (κ3) is 2.03. The van der Waals surface area contributed by atoms with Crippen LogP contribution in [0.2, 0.25) is 5.02 Å². The number of anilines is 1. The molecule has 3 rings (SSSR count). The van der Waals surface area contributed by atoms with E-state index in [4.69, 9.17) is 21.9 Å². The van der Waals surface area contributed by atoms with E-state index in [0.29, 0.717) is 5.02 Å². The second-order valence-corrected chi connectivity index (χ2v) is 5.51. The number of nitrogens with two attached hydrogens (primary N) is 1. The number of nitrogen functional groups attached to an aromatic ring is 1. The SMILES string of the molecule is Cc1ccsc1-c1noc(N)c1-c1ccccc1Cl. The average molecular weight is 291 g/mol. The van der Waals surface area contributed by atoms with Gasteiger partial charge in [0.15, 0.2) is 0 Å². The summed E-state index contributed by atoms with van der Waals surface area (Å²) in [5.74, 6) is 0.288. The normalized spacial score (nSPS) is 10.8. The van der Waals surface area contributed by atoms with Gasteiger partial charge in [0, 0.05) is 10.6 Å². The lowest BCUT2D eigenvalue weighted by molar-refractivity contribution is 0.439. The summed E-state index contributed by atoms with van der Waals surface area (Å²) in [6.07, 6.45) is 0. The number of benzene rings is 1. The Hall–Kier alpha value is -1.78. The molecule has 1 aromatic carbocycles. The molecule has 0 saturated heterocycles. The minimum atomic E-state index is 0.288. The first-order chi connectivity index (χ1) is 9.18. The number of aryl methyl sites for hydroxylation is 1. The maximum absolute atomic E-state index is 6.24. The van der Waals surface area contributed by atoms with Gasteiger partial charge in [-0.05, 0) is 30.0 Å². The van der Waals surface area contributed by atoms with Gasteiger partial charge in [0.2, 0.25) is 5.88 Å². The summed E-state index contributed by atoms with van der Waals surface area (Å²) in [4.78, 5) is 1.05. The van der Waals surface area contributed by atoms with E-state index in [-0.39, 0.29) is 5.88 Å². The van der Waals surface area contributed by atoms with E-state index in [1.54, 1.807) is 11.3 Å². The fraction of sp³-hybridized carbons (Fsp3) is 0.0714. The summed E-state index contributed by atoms with van der Waals surface area (Å²) in [7, 11) is 0. The number of rotatable bonds is 2. The monoisotopic (exact) mass is 290 g/mol. The molecular formula is C14H11ClN2OS. The first-order valence-electron chi connectivity index (χ1n) is 5.73. The molecule has 3 aromatic rings. The van der Waals surface area contributed by atoms with Gasteiger partial charge in [0.25, 0.3) is 0 Å². The van der Waals surface area contributed by atoms with Gasteiger partial charge < -0.3 is 10.3 Å². The van der Waals surface area contributed by atoms with Crippen molar-refractivity contribution in [2.24, 2.45) is 0 Å². The lowest BCUT2D eigenvalue weighted by Gasteiger charge is -2.04. The van der Waals surface area contributed by atoms with Crippen molar-refractivity contribution in [2.75, 3.05) is 5.73 Å². The first kappa shape index (κ1) is 12.3. The van der Waals surface area contributed by atoms with Crippen LogP contribution >= 0.6 is 22.9 Å². The van der Waals surface area contributed by atoms with Gasteiger partial charge in [-0.15, -0.1) is 11.3 Å². The number of thiophene rings is 1. The molecular weight excluding hydrogens is 280 g/mol. The minimum absolute atomic E-state index is 0.288. The lowest BCUT2D eigenvalue weighted by Crippen LogP contribution is -1.88. The van der Waals surface area contributed by atoms with E-state index >= 15 is 0 Å². The predicted molar refractivity (Wildman–Crippen MR) is 79.4 cm³/mol. The zero-order chi connectivity index (χ0) is 13.4. The molecule has 0 unspecified atom stereocenters. The largest absolute Gasteiger partial charge is 0.367 e. The molecule has 5 heteroatoms. The summed E-state index contributed by atoms with van der Waals surface area (Å²) in [6.45, 7) is 2.03. The standard InChI is InChI=1S/C14H11ClN2OS/c1-8-6-7-19-13(8)12-11(14(16)18-17-12)9-4-2-3-5-10(9)15/h2-7H,16H2,1H3. The highest BCUT2D eigenvalue weighted by Gasteiger charge is 2.21. The molecule has 3 nitrogen and oxygen atoms in total. The van der Waals surface area contributed by atoms with E-state index in [0.717, 1.165) is 27.3 Å². The Morgan fingerprint density at radius 3 is 2.74 bits per heavy atom. The summed E-state index contributed by atoms with van der Waals surface area (Å²) in [5.41, 5.74) is 9.41. The summed E-state index contributed by atoms with van der Waals surface area (Å²) in [5, 5.41) is 6.74. The van der Waals surface area contributed by atoms with E-state index in [2.05, 4.69) is 5.16 Å². The van der Waals surface area contributed by atoms with E-state index in [1.807, 2.05) is 42.6 Å². The van der Waals surface area contributed by atoms with Gasteiger partial charge in [0.1, 0.15) is 5.69 Å². The van der Waals surface area contributed by atoms with E-state index < -0.39 is 0 Å². The topological polar surface area (TPSA) is 52.0 Å². The molecule has 0 aliphatic rings. The van der Waals surface area contributed by atoms with Crippen LogP contribution in [-0.4, -0.2) is 5.16 Å². The van der Waals surface area contributed by atoms with Crippen molar-refractivity contribution < 1.29 is 4.52 Å². The minimum Gasteiger partial charge on any atom is -0.367 e. The zero-order valence-corrected chi connectivity index (χ0v) is 11.8. The van der Waals surface area contributed by atoms with Crippen LogP contribution in [0.3, 0.4) is 0 Å². The van der Waals surface area contributed by atoms with Gasteiger partial charge in [-0.2, -0.15) is 0 Å². The maximum Gasteiger partial charge on any atom is 0.230 e. The quantitative estimate of drug-likeness (QED) is 0.749. The van der Waals surface area contributed by atoms with E-state index in [9.17, 15) is 0 Å². The van der Waals surface area contributed by atoms with Crippen LogP contribution in [0.1, 0.15) is 5.56 Å². The fourth-order valence-electron chi connectivity index (χ4n) is 2.00. The molecule has 19 heavy (non-hydrogen) atoms. The number of halogens is 1. The fourth-order valence-corrected chi connectivity index (χ4v) is 3.14. The summed E-state index contributed by atoms with van der Waals surface area (Å²) < 4.78 is 5.16. The number of nitrogens with zero attached hydrogens (tertiary/aromatic N) is 1. The molecule has 0 saturated carbocycles. The van der Waals surface area contributed by atoms with Crippen LogP contribution < -0.4 is 5.73 Å². The number of hydrogen-bond acceptors (Lipinski definition) is 4. The van der Waals surface area contributed by atoms with Gasteiger partial charge >= 0.3 is 0 Å². The van der Waals surface area contributed by atoms with Crippen molar-refractivity contribution in [3.63, 3.8) is 0 Å². The Kier molecular flexibility index (Phi) is 3.05. The second kappa shape index (κ2) is 4.72. The van der Waals surface area contributed by atoms with Crippen molar-refractivity contribution in [2.45, 2.75) is 6.92 Å². The highest BCUT2D eigenvalue weighted by atomic mass is 35.5. The average Bonchev–Trinajstić information content (AvgIpc) is 2.96. The molecule has 0 amide bonds. The number of aromatic nitrogens is 1. The lowest BCUT2D eigenvalue weighted by atomic mass is 10.0. The van der Waals surface area contributed by atoms with Gasteiger partial charge in [-0.3, -0.25) is 0 Å². The zero-order valence-electron chi connectivity index (χ0n) is 10.2. The van der Waals surface area contributed by atoms with Gasteiger partial charge in [-0.25, -0.2) is 0 Å². The Balaban J connectivity index is 2.26. The molecule has 96 valence electrons. The third-order valence-electron chi connectivity index (χ3n) is 2.94. The summed E-state index contributed by atoms with van der Waals surface area (Å²) in [6, 6.07) is 9.58. The molecule has 0 radical (unpaired) electrons. The van der Waals surface area contributed by atoms with Gasteiger partial charge in [0.05, 0.1) is 10.4 Å². The molecule has 0 bridgehead atoms. The highest BCUT2D eigenvalue weighted by molar-refractivity contribution is 7.13. The molecule has 0 spiro atoms. The molecule has 0 fully saturated rings. The van der Waals surface area contributed by atoms with Crippen molar-refractivity contribution in [3.8, 4) is 21.7 Å². The smallest absolute Gasteiger partial charge is 0.230 e. The summed E-state index contributed by atoms with van der Waals surface area (Å²) >= 11 is 7.85. The Morgan fingerprint density at radius 2 is 2.05 bits per heavy atom. The maximum atomic E-state index is 6.24. The molecule has 0 aliphatic heterocycles. The van der Waals surface area contributed by atoms with Crippen molar-refractivity contribution >= 4 is 28.8 Å². The van der Waals surface area contributed by atoms with Crippen molar-refractivity contribution in [3.05, 3.63) is 46.3 Å². The second-order valence-electron chi connectivity index (χ2n) is 4.18. The molecule has 2 N–H and O–H groups in total. The Labute approximate surface area is 119 Å². The predicted octanol–water partition coefficient (Wildman–Crippen LogP) is 4.61. The van der Waals surface area contributed by atoms with Crippen LogP contribution in [0.15, 0.2) is 40.2 Å². The Bertz CT molecular complexity index is 733. The Morgan fingerprint density at radius 1 is 1.26 bits per heavy atom. The first-order valence-corrected chi connectivity index (χ1v) is 6.98. The van der Waals surface area contributed by atoms with Crippen LogP contribution in [-0.2, 0) is 0 Å². The van der Waals surface area contributed by atoms with Crippen molar-refractivity contribution in [1.82, 2.24) is 5.16 Å². The molecule has 0 aliphatic carbocycles. The highest BCUT2D eigenvalue weighted by Crippen LogP contribution is 2.41. The molecule has 2 aromatic heterocycles. The number of hydrogen-bond donors (Lipinski definition) is 1. The van der Waals surface area contributed by atoms with Gasteiger partial charge in [-0.1, -0.05) is 35.0 Å². The van der Waals surface area contributed by atoms with Crippen LogP contribution in [0.4, 0.5) is 5.88 Å². The van der Waals surface area contributed by atoms with E-state index in [1.165, 1.54) is 0 Å². The van der Waals surface area contributed by atoms with Crippen LogP contribution in [0.25, 0.3) is 21.7 Å². The third-order valence-corrected chi connectivity index (χ3v) is 4.29. The molecule has 2 heterocycles. The van der Waals surface area contributed by atoms with Crippen LogP contribution in [0.5, 0.6) is 0 Å².